The van der Waals surface area contributed by atoms with E-state index in [9.17, 15) is 0 Å². The van der Waals surface area contributed by atoms with Crippen LogP contribution in [-0.2, 0) is 0 Å². The highest BCUT2D eigenvalue weighted by Crippen LogP contribution is 2.38. The van der Waals surface area contributed by atoms with E-state index in [0.717, 1.165) is 6.04 Å². The molecule has 0 saturated heterocycles. The van der Waals surface area contributed by atoms with Gasteiger partial charge in [0.15, 0.2) is 0 Å². The minimum absolute atomic E-state index is 0.246. The maximum atomic E-state index is 3.80. The zero-order valence-electron chi connectivity index (χ0n) is 14.3. The van der Waals surface area contributed by atoms with Gasteiger partial charge >= 0.3 is 0 Å². The normalized spacial score (nSPS) is 24.4. The van der Waals surface area contributed by atoms with Crippen molar-refractivity contribution < 1.29 is 0 Å². The molecule has 2 nitrogen and oxygen atoms in total. The smallest absolute Gasteiger partial charge is 0.00967 e. The molecule has 2 saturated carbocycles. The summed E-state index contributed by atoms with van der Waals surface area (Å²) in [5.41, 5.74) is 0.777. The molecule has 0 unspecified atom stereocenters. The van der Waals surface area contributed by atoms with Crippen LogP contribution in [0.1, 0.15) is 78.6 Å². The Kier molecular flexibility index (Phi) is 5.53. The monoisotopic (exact) mass is 280 g/mol. The lowest BCUT2D eigenvalue weighted by Crippen LogP contribution is -2.50. The molecule has 0 bridgehead atoms. The molecule has 0 aromatic carbocycles. The molecule has 0 atom stereocenters. The summed E-state index contributed by atoms with van der Waals surface area (Å²) in [4.78, 5) is 2.70. The summed E-state index contributed by atoms with van der Waals surface area (Å²) in [6.45, 7) is 9.40. The highest BCUT2D eigenvalue weighted by atomic mass is 15.1. The van der Waals surface area contributed by atoms with Gasteiger partial charge in [0.25, 0.3) is 0 Å². The molecule has 2 aliphatic carbocycles. The summed E-state index contributed by atoms with van der Waals surface area (Å²) in [7, 11) is 2.38. The van der Waals surface area contributed by atoms with E-state index in [1.54, 1.807) is 0 Å². The fourth-order valence-electron chi connectivity index (χ4n) is 4.15. The molecule has 0 radical (unpaired) electrons. The lowest BCUT2D eigenvalue weighted by atomic mass is 9.73. The summed E-state index contributed by atoms with van der Waals surface area (Å²) in [6, 6.07) is 0.864. The van der Waals surface area contributed by atoms with Crippen molar-refractivity contribution in [1.29, 1.82) is 0 Å². The van der Waals surface area contributed by atoms with E-state index < -0.39 is 0 Å². The lowest BCUT2D eigenvalue weighted by molar-refractivity contribution is 0.0873. The van der Waals surface area contributed by atoms with Crippen molar-refractivity contribution in [3.63, 3.8) is 0 Å². The molecule has 20 heavy (non-hydrogen) atoms. The van der Waals surface area contributed by atoms with Crippen LogP contribution < -0.4 is 5.32 Å². The van der Waals surface area contributed by atoms with E-state index in [4.69, 9.17) is 0 Å². The SMILES string of the molecule is CN(CC1(CNC(C)(C)C)CCCCC1)C1CCCC1. The third-order valence-corrected chi connectivity index (χ3v) is 5.44. The van der Waals surface area contributed by atoms with Crippen molar-refractivity contribution >= 4 is 0 Å². The molecule has 0 amide bonds. The Morgan fingerprint density at radius 2 is 1.60 bits per heavy atom. The summed E-state index contributed by atoms with van der Waals surface area (Å²) in [6.07, 6.45) is 12.9. The van der Waals surface area contributed by atoms with E-state index in [-0.39, 0.29) is 5.54 Å². The number of nitrogens with one attached hydrogen (secondary N) is 1. The number of hydrogen-bond acceptors (Lipinski definition) is 2. The second-order valence-corrected chi connectivity index (χ2v) is 8.52. The van der Waals surface area contributed by atoms with Crippen LogP contribution in [0.2, 0.25) is 0 Å². The van der Waals surface area contributed by atoms with Crippen LogP contribution in [0.4, 0.5) is 0 Å². The highest BCUT2D eigenvalue weighted by molar-refractivity contribution is 4.91. The molecule has 2 heteroatoms. The van der Waals surface area contributed by atoms with Gasteiger partial charge in [0.1, 0.15) is 0 Å². The second kappa shape index (κ2) is 6.79. The Bertz CT molecular complexity index is 280. The van der Waals surface area contributed by atoms with Gasteiger partial charge in [0, 0.05) is 24.7 Å². The van der Waals surface area contributed by atoms with Crippen molar-refractivity contribution in [1.82, 2.24) is 10.2 Å². The maximum absolute atomic E-state index is 3.80. The fourth-order valence-corrected chi connectivity index (χ4v) is 4.15. The Morgan fingerprint density at radius 3 is 2.15 bits per heavy atom. The van der Waals surface area contributed by atoms with Gasteiger partial charge in [0.2, 0.25) is 0 Å². The largest absolute Gasteiger partial charge is 0.311 e. The molecular formula is C18H36N2. The molecule has 0 aromatic heterocycles. The van der Waals surface area contributed by atoms with Crippen molar-refractivity contribution in [2.75, 3.05) is 20.1 Å². The van der Waals surface area contributed by atoms with Crippen LogP contribution in [-0.4, -0.2) is 36.6 Å². The molecule has 2 aliphatic rings. The predicted octanol–water partition coefficient (Wildman–Crippen LogP) is 4.20. The number of rotatable bonds is 5. The van der Waals surface area contributed by atoms with Crippen LogP contribution in [0.15, 0.2) is 0 Å². The summed E-state index contributed by atoms with van der Waals surface area (Å²) in [5, 5.41) is 3.80. The third kappa shape index (κ3) is 4.73. The van der Waals surface area contributed by atoms with Gasteiger partial charge in [0.05, 0.1) is 0 Å². The van der Waals surface area contributed by atoms with Gasteiger partial charge < -0.3 is 10.2 Å². The molecule has 0 spiro atoms. The Hall–Kier alpha value is -0.0800. The van der Waals surface area contributed by atoms with Crippen molar-refractivity contribution in [2.45, 2.75) is 90.1 Å². The van der Waals surface area contributed by atoms with Gasteiger partial charge in [-0.3, -0.25) is 0 Å². The molecule has 0 heterocycles. The molecule has 0 aromatic rings. The van der Waals surface area contributed by atoms with Crippen LogP contribution in [0.3, 0.4) is 0 Å². The van der Waals surface area contributed by atoms with Gasteiger partial charge in [-0.05, 0) is 58.9 Å². The molecule has 2 rings (SSSR count). The number of hydrogen-bond donors (Lipinski definition) is 1. The van der Waals surface area contributed by atoms with Crippen LogP contribution in [0.25, 0.3) is 0 Å². The lowest BCUT2D eigenvalue weighted by Gasteiger charge is -2.43. The summed E-state index contributed by atoms with van der Waals surface area (Å²) in [5.74, 6) is 0. The first-order chi connectivity index (χ1) is 9.40. The average Bonchev–Trinajstić information content (AvgIpc) is 2.91. The number of nitrogens with zero attached hydrogens (tertiary/aromatic N) is 1. The van der Waals surface area contributed by atoms with E-state index in [1.165, 1.54) is 70.9 Å². The standard InChI is InChI=1S/C18H36N2/c1-17(2,3)19-14-18(12-8-5-9-13-18)15-20(4)16-10-6-7-11-16/h16,19H,5-15H2,1-4H3. The van der Waals surface area contributed by atoms with E-state index in [2.05, 4.69) is 38.0 Å². The first kappa shape index (κ1) is 16.3. The van der Waals surface area contributed by atoms with Crippen LogP contribution in [0.5, 0.6) is 0 Å². The molecule has 0 aliphatic heterocycles. The van der Waals surface area contributed by atoms with Gasteiger partial charge in [-0.15, -0.1) is 0 Å². The summed E-state index contributed by atoms with van der Waals surface area (Å²) >= 11 is 0. The van der Waals surface area contributed by atoms with Gasteiger partial charge in [-0.2, -0.15) is 0 Å². The first-order valence-electron chi connectivity index (χ1n) is 8.86. The third-order valence-electron chi connectivity index (χ3n) is 5.44. The van der Waals surface area contributed by atoms with E-state index in [1.807, 2.05) is 0 Å². The quantitative estimate of drug-likeness (QED) is 0.812. The minimum Gasteiger partial charge on any atom is -0.311 e. The topological polar surface area (TPSA) is 15.3 Å². The van der Waals surface area contributed by atoms with Crippen molar-refractivity contribution in [3.05, 3.63) is 0 Å². The average molecular weight is 280 g/mol. The fraction of sp³-hybridized carbons (Fsp3) is 1.00. The first-order valence-corrected chi connectivity index (χ1v) is 8.86. The van der Waals surface area contributed by atoms with E-state index >= 15 is 0 Å². The highest BCUT2D eigenvalue weighted by Gasteiger charge is 2.35. The molecular weight excluding hydrogens is 244 g/mol. The molecule has 2 fully saturated rings. The second-order valence-electron chi connectivity index (χ2n) is 8.52. The van der Waals surface area contributed by atoms with Crippen LogP contribution in [0, 0.1) is 5.41 Å². The van der Waals surface area contributed by atoms with E-state index in [0.29, 0.717) is 5.41 Å². The minimum atomic E-state index is 0.246. The molecule has 118 valence electrons. The summed E-state index contributed by atoms with van der Waals surface area (Å²) < 4.78 is 0. The Balaban J connectivity index is 1.94. The van der Waals surface area contributed by atoms with Crippen LogP contribution >= 0.6 is 0 Å². The zero-order valence-corrected chi connectivity index (χ0v) is 14.3. The van der Waals surface area contributed by atoms with Crippen molar-refractivity contribution in [2.24, 2.45) is 5.41 Å². The zero-order chi connectivity index (χ0) is 14.6. The van der Waals surface area contributed by atoms with Crippen molar-refractivity contribution in [3.8, 4) is 0 Å². The van der Waals surface area contributed by atoms with Gasteiger partial charge in [-0.25, -0.2) is 0 Å². The van der Waals surface area contributed by atoms with Gasteiger partial charge in [-0.1, -0.05) is 32.1 Å². The Labute approximate surface area is 126 Å². The predicted molar refractivity (Wildman–Crippen MR) is 88.2 cm³/mol. The molecule has 1 N–H and O–H groups in total. The maximum Gasteiger partial charge on any atom is 0.00967 e. The Morgan fingerprint density at radius 1 is 1.00 bits per heavy atom.